The molecule has 0 heterocycles. The van der Waals surface area contributed by atoms with Gasteiger partial charge in [0, 0.05) is 23.9 Å². The van der Waals surface area contributed by atoms with Crippen molar-refractivity contribution in [1.29, 1.82) is 0 Å². The van der Waals surface area contributed by atoms with Crippen LogP contribution in [0.2, 0.25) is 0 Å². The highest BCUT2D eigenvalue weighted by Crippen LogP contribution is 2.30. The fourth-order valence-corrected chi connectivity index (χ4v) is 2.63. The lowest BCUT2D eigenvalue weighted by atomic mass is 9.91. The summed E-state index contributed by atoms with van der Waals surface area (Å²) in [6.07, 6.45) is -0.352. The van der Waals surface area contributed by atoms with Crippen LogP contribution in [0.4, 0.5) is 16.2 Å². The van der Waals surface area contributed by atoms with E-state index in [0.29, 0.717) is 18.5 Å². The molecule has 0 bridgehead atoms. The second kappa shape index (κ2) is 7.93. The van der Waals surface area contributed by atoms with Gasteiger partial charge in [0.05, 0.1) is 23.7 Å². The maximum absolute atomic E-state index is 12.0. The Kier molecular flexibility index (Phi) is 5.93. The van der Waals surface area contributed by atoms with Crippen molar-refractivity contribution in [2.75, 3.05) is 11.9 Å². The van der Waals surface area contributed by atoms with Crippen LogP contribution in [0.1, 0.15) is 26.2 Å². The Labute approximate surface area is 138 Å². The third kappa shape index (κ3) is 4.56. The third-order valence-corrected chi connectivity index (χ3v) is 3.83. The number of hydrogen-bond donors (Lipinski definition) is 4. The number of aliphatic hydroxyl groups excluding tert-OH is 2. The van der Waals surface area contributed by atoms with Crippen LogP contribution < -0.4 is 15.4 Å². The van der Waals surface area contributed by atoms with Crippen LogP contribution in [0.15, 0.2) is 18.2 Å². The number of nitrogens with one attached hydrogen (secondary N) is 2. The highest BCUT2D eigenvalue weighted by molar-refractivity contribution is 5.90. The maximum Gasteiger partial charge on any atom is 0.319 e. The molecule has 9 nitrogen and oxygen atoms in total. The van der Waals surface area contributed by atoms with E-state index in [4.69, 9.17) is 4.74 Å². The molecule has 1 aliphatic carbocycles. The summed E-state index contributed by atoms with van der Waals surface area (Å²) in [6, 6.07) is 3.34. The van der Waals surface area contributed by atoms with E-state index in [9.17, 15) is 25.1 Å². The lowest BCUT2D eigenvalue weighted by Gasteiger charge is -2.30. The van der Waals surface area contributed by atoms with E-state index >= 15 is 0 Å². The minimum Gasteiger partial charge on any atom is -0.487 e. The van der Waals surface area contributed by atoms with E-state index in [-0.39, 0.29) is 30.5 Å². The summed E-state index contributed by atoms with van der Waals surface area (Å²) in [7, 11) is 0. The molecule has 132 valence electrons. The van der Waals surface area contributed by atoms with Crippen molar-refractivity contribution in [3.05, 3.63) is 28.3 Å². The van der Waals surface area contributed by atoms with Gasteiger partial charge < -0.3 is 25.6 Å². The molecule has 4 N–H and O–H groups in total. The van der Waals surface area contributed by atoms with Crippen molar-refractivity contribution in [2.24, 2.45) is 0 Å². The quantitative estimate of drug-likeness (QED) is 0.473. The number of carbonyl (C=O) groups is 1. The van der Waals surface area contributed by atoms with Crippen molar-refractivity contribution in [1.82, 2.24) is 5.32 Å². The number of hydrogen-bond acceptors (Lipinski definition) is 6. The fraction of sp³-hybridized carbons (Fsp3) is 0.533. The molecule has 1 aromatic carbocycles. The Morgan fingerprint density at radius 3 is 2.75 bits per heavy atom. The zero-order chi connectivity index (χ0) is 17.7. The average molecular weight is 339 g/mol. The molecule has 0 aromatic heterocycles. The van der Waals surface area contributed by atoms with Gasteiger partial charge in [-0.3, -0.25) is 10.1 Å². The number of nitrogens with zero attached hydrogens (tertiary/aromatic N) is 1. The van der Waals surface area contributed by atoms with Gasteiger partial charge in [-0.25, -0.2) is 4.79 Å². The third-order valence-electron chi connectivity index (χ3n) is 3.83. The first kappa shape index (κ1) is 18.0. The highest BCUT2D eigenvalue weighted by Gasteiger charge is 2.28. The standard InChI is InChI=1S/C15H21N3O6/c1-2-24-14-8-10(3-5-11(14)18(22)23)17-15(21)16-9-4-6-12(19)13(20)7-9/h3,5,8-9,12-13,19-20H,2,4,6-7H2,1H3,(H2,16,17,21)/t9?,12-,13+/m1/s1. The van der Waals surface area contributed by atoms with Gasteiger partial charge in [0.25, 0.3) is 0 Å². The largest absolute Gasteiger partial charge is 0.487 e. The first-order valence-electron chi connectivity index (χ1n) is 7.75. The molecule has 1 aromatic rings. The number of ether oxygens (including phenoxy) is 1. The van der Waals surface area contributed by atoms with Gasteiger partial charge in [-0.2, -0.15) is 0 Å². The van der Waals surface area contributed by atoms with E-state index in [2.05, 4.69) is 10.6 Å². The molecule has 3 atom stereocenters. The lowest BCUT2D eigenvalue weighted by molar-refractivity contribution is -0.385. The van der Waals surface area contributed by atoms with Crippen LogP contribution in [-0.4, -0.2) is 46.0 Å². The molecule has 2 rings (SSSR count). The SMILES string of the molecule is CCOc1cc(NC(=O)NC2CC[C@@H](O)[C@@H](O)C2)ccc1[N+](=O)[O-]. The predicted molar refractivity (Wildman–Crippen MR) is 86.1 cm³/mol. The van der Waals surface area contributed by atoms with Gasteiger partial charge in [0.1, 0.15) is 0 Å². The van der Waals surface area contributed by atoms with Gasteiger partial charge >= 0.3 is 11.7 Å². The van der Waals surface area contributed by atoms with Crippen LogP contribution >= 0.6 is 0 Å². The molecule has 0 aliphatic heterocycles. The first-order valence-corrected chi connectivity index (χ1v) is 7.75. The van der Waals surface area contributed by atoms with E-state index < -0.39 is 23.2 Å². The number of benzene rings is 1. The van der Waals surface area contributed by atoms with Gasteiger partial charge in [0.2, 0.25) is 0 Å². The number of carbonyl (C=O) groups excluding carboxylic acids is 1. The zero-order valence-corrected chi connectivity index (χ0v) is 13.3. The number of urea groups is 1. The second-order valence-corrected chi connectivity index (χ2v) is 5.62. The summed E-state index contributed by atoms with van der Waals surface area (Å²) in [6.45, 7) is 1.97. The number of nitro groups is 1. The summed E-state index contributed by atoms with van der Waals surface area (Å²) >= 11 is 0. The molecule has 2 amide bonds. The Morgan fingerprint density at radius 2 is 2.12 bits per heavy atom. The molecule has 1 unspecified atom stereocenters. The average Bonchev–Trinajstić information content (AvgIpc) is 2.51. The Balaban J connectivity index is 1.98. The monoisotopic (exact) mass is 339 g/mol. The van der Waals surface area contributed by atoms with E-state index in [1.807, 2.05) is 0 Å². The number of anilines is 1. The van der Waals surface area contributed by atoms with Crippen LogP contribution in [-0.2, 0) is 0 Å². The molecule has 24 heavy (non-hydrogen) atoms. The molecule has 0 radical (unpaired) electrons. The smallest absolute Gasteiger partial charge is 0.319 e. The molecule has 0 spiro atoms. The van der Waals surface area contributed by atoms with Gasteiger partial charge in [-0.15, -0.1) is 0 Å². The molecule has 9 heteroatoms. The first-order chi connectivity index (χ1) is 11.4. The van der Waals surface area contributed by atoms with Crippen molar-refractivity contribution < 1.29 is 24.7 Å². The Morgan fingerprint density at radius 1 is 1.38 bits per heavy atom. The minimum atomic E-state index is -0.854. The molecular weight excluding hydrogens is 318 g/mol. The number of amides is 2. The summed E-state index contributed by atoms with van der Waals surface area (Å²) in [5.41, 5.74) is 0.185. The topological polar surface area (TPSA) is 134 Å². The van der Waals surface area contributed by atoms with Crippen molar-refractivity contribution in [3.63, 3.8) is 0 Å². The predicted octanol–water partition coefficient (Wildman–Crippen LogP) is 1.39. The van der Waals surface area contributed by atoms with Gasteiger partial charge in [-0.05, 0) is 32.3 Å². The second-order valence-electron chi connectivity index (χ2n) is 5.62. The van der Waals surface area contributed by atoms with Crippen molar-refractivity contribution in [3.8, 4) is 5.75 Å². The molecular formula is C15H21N3O6. The van der Waals surface area contributed by atoms with Crippen molar-refractivity contribution >= 4 is 17.4 Å². The summed E-state index contributed by atoms with van der Waals surface area (Å²) in [5.74, 6) is 0.0801. The van der Waals surface area contributed by atoms with E-state index in [0.717, 1.165) is 0 Å². The summed E-state index contributed by atoms with van der Waals surface area (Å²) in [4.78, 5) is 22.4. The van der Waals surface area contributed by atoms with Crippen LogP contribution in [0, 0.1) is 10.1 Å². The number of aliphatic hydroxyl groups is 2. The normalized spacial score (nSPS) is 23.4. The number of rotatable bonds is 5. The van der Waals surface area contributed by atoms with Gasteiger partial charge in [0.15, 0.2) is 5.75 Å². The Hall–Kier alpha value is -2.39. The molecule has 1 aliphatic rings. The zero-order valence-electron chi connectivity index (χ0n) is 13.3. The molecule has 1 fully saturated rings. The maximum atomic E-state index is 12.0. The highest BCUT2D eigenvalue weighted by atomic mass is 16.6. The van der Waals surface area contributed by atoms with E-state index in [1.54, 1.807) is 6.92 Å². The van der Waals surface area contributed by atoms with Crippen molar-refractivity contribution in [2.45, 2.75) is 44.4 Å². The van der Waals surface area contributed by atoms with Crippen LogP contribution in [0.25, 0.3) is 0 Å². The summed E-state index contributed by atoms with van der Waals surface area (Å²) < 4.78 is 5.22. The molecule has 0 saturated heterocycles. The lowest BCUT2D eigenvalue weighted by Crippen LogP contribution is -2.46. The van der Waals surface area contributed by atoms with Gasteiger partial charge in [-0.1, -0.05) is 0 Å². The minimum absolute atomic E-state index is 0.0801. The van der Waals surface area contributed by atoms with Crippen LogP contribution in [0.5, 0.6) is 5.75 Å². The Bertz CT molecular complexity index is 609. The molecule has 1 saturated carbocycles. The number of nitro benzene ring substituents is 1. The van der Waals surface area contributed by atoms with Crippen LogP contribution in [0.3, 0.4) is 0 Å². The van der Waals surface area contributed by atoms with E-state index in [1.165, 1.54) is 18.2 Å². The fourth-order valence-electron chi connectivity index (χ4n) is 2.63. The summed E-state index contributed by atoms with van der Waals surface area (Å²) in [5, 5.41) is 35.3.